The zero-order valence-electron chi connectivity index (χ0n) is 17.8. The van der Waals surface area contributed by atoms with Crippen LogP contribution in [0.4, 0.5) is 0 Å². The molecule has 1 aromatic heterocycles. The first kappa shape index (κ1) is 21.3. The molecule has 1 atom stereocenters. The van der Waals surface area contributed by atoms with Crippen molar-refractivity contribution in [3.63, 3.8) is 0 Å². The van der Waals surface area contributed by atoms with Gasteiger partial charge in [0, 0.05) is 51.2 Å². The first-order valence-corrected chi connectivity index (χ1v) is 10.9. The average molecular weight is 428 g/mol. The van der Waals surface area contributed by atoms with E-state index in [4.69, 9.17) is 14.0 Å². The van der Waals surface area contributed by atoms with Gasteiger partial charge in [-0.25, -0.2) is 0 Å². The van der Waals surface area contributed by atoms with Crippen LogP contribution in [0.2, 0.25) is 0 Å². The van der Waals surface area contributed by atoms with E-state index in [1.807, 2.05) is 31.2 Å². The molecule has 0 saturated carbocycles. The summed E-state index contributed by atoms with van der Waals surface area (Å²) in [5.74, 6) is 1.80. The summed E-state index contributed by atoms with van der Waals surface area (Å²) in [4.78, 5) is 33.0. The highest BCUT2D eigenvalue weighted by Gasteiger charge is 2.31. The molecule has 0 aliphatic carbocycles. The number of piperazine rings is 1. The Kier molecular flexibility index (Phi) is 6.81. The summed E-state index contributed by atoms with van der Waals surface area (Å²) in [5.41, 5.74) is 0.830. The number of amides is 2. The number of hydrogen-bond donors (Lipinski definition) is 0. The first-order chi connectivity index (χ1) is 15.1. The Balaban J connectivity index is 1.23. The summed E-state index contributed by atoms with van der Waals surface area (Å²) in [6.07, 6.45) is 2.11. The number of carbonyl (C=O) groups excluding carboxylic acids is 2. The van der Waals surface area contributed by atoms with Crippen molar-refractivity contribution in [2.75, 3.05) is 39.4 Å². The highest BCUT2D eigenvalue weighted by molar-refractivity contribution is 5.82. The van der Waals surface area contributed by atoms with Crippen LogP contribution in [-0.4, -0.2) is 77.3 Å². The first-order valence-electron chi connectivity index (χ1n) is 10.9. The van der Waals surface area contributed by atoms with Crippen LogP contribution in [0.25, 0.3) is 11.4 Å². The van der Waals surface area contributed by atoms with Gasteiger partial charge in [0.05, 0.1) is 6.61 Å². The van der Waals surface area contributed by atoms with Crippen LogP contribution in [0.1, 0.15) is 32.1 Å². The third-order valence-electron chi connectivity index (χ3n) is 5.59. The molecule has 0 radical (unpaired) electrons. The Morgan fingerprint density at radius 2 is 1.87 bits per heavy atom. The van der Waals surface area contributed by atoms with Crippen LogP contribution in [0, 0.1) is 0 Å². The molecule has 166 valence electrons. The van der Waals surface area contributed by atoms with Gasteiger partial charge in [0.2, 0.25) is 17.6 Å². The molecule has 0 N–H and O–H groups in total. The molecular formula is C22H28N4O5. The quantitative estimate of drug-likeness (QED) is 0.664. The van der Waals surface area contributed by atoms with E-state index in [1.54, 1.807) is 9.80 Å². The van der Waals surface area contributed by atoms with Gasteiger partial charge in [-0.2, -0.15) is 4.98 Å². The summed E-state index contributed by atoms with van der Waals surface area (Å²) >= 11 is 0. The van der Waals surface area contributed by atoms with E-state index in [0.717, 1.165) is 24.2 Å². The number of aromatic nitrogens is 2. The lowest BCUT2D eigenvalue weighted by atomic mass is 10.2. The number of benzene rings is 1. The number of hydrogen-bond acceptors (Lipinski definition) is 7. The van der Waals surface area contributed by atoms with Gasteiger partial charge in [-0.05, 0) is 44.0 Å². The van der Waals surface area contributed by atoms with Gasteiger partial charge < -0.3 is 23.8 Å². The van der Waals surface area contributed by atoms with Gasteiger partial charge in [0.25, 0.3) is 5.91 Å². The standard InChI is InChI=1S/C22H28N4O5/c1-2-29-17-7-5-16(6-8-17)21-23-19(31-24-21)9-10-20(27)25-11-13-26(14-12-25)22(28)18-4-3-15-30-18/h5-8,18H,2-4,9-15H2,1H3. The lowest BCUT2D eigenvalue weighted by molar-refractivity contribution is -0.146. The van der Waals surface area contributed by atoms with Crippen molar-refractivity contribution in [3.05, 3.63) is 30.2 Å². The highest BCUT2D eigenvalue weighted by Crippen LogP contribution is 2.21. The molecule has 9 nitrogen and oxygen atoms in total. The van der Waals surface area contributed by atoms with Crippen molar-refractivity contribution in [3.8, 4) is 17.1 Å². The van der Waals surface area contributed by atoms with Gasteiger partial charge in [-0.1, -0.05) is 5.16 Å². The number of nitrogens with zero attached hydrogens (tertiary/aromatic N) is 4. The van der Waals surface area contributed by atoms with E-state index in [2.05, 4.69) is 10.1 Å². The third kappa shape index (κ3) is 5.22. The zero-order chi connectivity index (χ0) is 21.6. The minimum atomic E-state index is -0.302. The Hall–Kier alpha value is -2.94. The Morgan fingerprint density at radius 1 is 1.13 bits per heavy atom. The SMILES string of the molecule is CCOc1ccc(-c2noc(CCC(=O)N3CCN(C(=O)C4CCCO4)CC3)n2)cc1. The van der Waals surface area contributed by atoms with Crippen molar-refractivity contribution in [1.29, 1.82) is 0 Å². The van der Waals surface area contributed by atoms with Gasteiger partial charge in [0.15, 0.2) is 0 Å². The maximum absolute atomic E-state index is 12.6. The van der Waals surface area contributed by atoms with Crippen LogP contribution in [-0.2, 0) is 20.7 Å². The van der Waals surface area contributed by atoms with E-state index in [0.29, 0.717) is 63.9 Å². The fraction of sp³-hybridized carbons (Fsp3) is 0.545. The van der Waals surface area contributed by atoms with Crippen LogP contribution in [0.15, 0.2) is 28.8 Å². The van der Waals surface area contributed by atoms with E-state index >= 15 is 0 Å². The van der Waals surface area contributed by atoms with E-state index in [9.17, 15) is 9.59 Å². The summed E-state index contributed by atoms with van der Waals surface area (Å²) in [6, 6.07) is 7.48. The summed E-state index contributed by atoms with van der Waals surface area (Å²) in [7, 11) is 0. The normalized spacial score (nSPS) is 18.9. The maximum Gasteiger partial charge on any atom is 0.251 e. The smallest absolute Gasteiger partial charge is 0.251 e. The van der Waals surface area contributed by atoms with Gasteiger partial charge in [-0.15, -0.1) is 0 Å². The fourth-order valence-electron chi connectivity index (χ4n) is 3.86. The lowest BCUT2D eigenvalue weighted by Gasteiger charge is -2.35. The summed E-state index contributed by atoms with van der Waals surface area (Å²) in [6.45, 7) is 5.38. The molecule has 1 aromatic carbocycles. The molecule has 9 heteroatoms. The molecule has 2 aliphatic heterocycles. The minimum Gasteiger partial charge on any atom is -0.494 e. The topological polar surface area (TPSA) is 98.0 Å². The second-order valence-corrected chi connectivity index (χ2v) is 7.68. The monoisotopic (exact) mass is 428 g/mol. The molecule has 2 amide bonds. The molecule has 2 aliphatic rings. The Morgan fingerprint density at radius 3 is 2.55 bits per heavy atom. The number of ether oxygens (including phenoxy) is 2. The van der Waals surface area contributed by atoms with Gasteiger partial charge >= 0.3 is 0 Å². The number of aryl methyl sites for hydroxylation is 1. The number of rotatable bonds is 7. The van der Waals surface area contributed by atoms with Gasteiger partial charge in [0.1, 0.15) is 11.9 Å². The molecule has 3 heterocycles. The van der Waals surface area contributed by atoms with Crippen molar-refractivity contribution >= 4 is 11.8 Å². The zero-order valence-corrected chi connectivity index (χ0v) is 17.8. The molecule has 1 unspecified atom stereocenters. The van der Waals surface area contributed by atoms with Gasteiger partial charge in [-0.3, -0.25) is 9.59 Å². The second kappa shape index (κ2) is 9.91. The molecule has 2 aromatic rings. The Labute approximate surface area is 181 Å². The van der Waals surface area contributed by atoms with Crippen molar-refractivity contribution in [2.45, 2.75) is 38.7 Å². The minimum absolute atomic E-state index is 0.0324. The van der Waals surface area contributed by atoms with Crippen molar-refractivity contribution in [2.24, 2.45) is 0 Å². The number of carbonyl (C=O) groups is 2. The third-order valence-corrected chi connectivity index (χ3v) is 5.59. The molecular weight excluding hydrogens is 400 g/mol. The molecule has 0 bridgehead atoms. The van der Waals surface area contributed by atoms with E-state index < -0.39 is 0 Å². The second-order valence-electron chi connectivity index (χ2n) is 7.68. The summed E-state index contributed by atoms with van der Waals surface area (Å²) in [5, 5.41) is 4.01. The largest absolute Gasteiger partial charge is 0.494 e. The van der Waals surface area contributed by atoms with Crippen LogP contribution in [0.3, 0.4) is 0 Å². The molecule has 2 fully saturated rings. The fourth-order valence-corrected chi connectivity index (χ4v) is 3.86. The lowest BCUT2D eigenvalue weighted by Crippen LogP contribution is -2.52. The predicted molar refractivity (Wildman–Crippen MR) is 111 cm³/mol. The van der Waals surface area contributed by atoms with E-state index in [-0.39, 0.29) is 17.9 Å². The van der Waals surface area contributed by atoms with Crippen LogP contribution < -0.4 is 4.74 Å². The maximum atomic E-state index is 12.6. The van der Waals surface area contributed by atoms with Crippen LogP contribution in [0.5, 0.6) is 5.75 Å². The summed E-state index contributed by atoms with van der Waals surface area (Å²) < 4.78 is 16.2. The van der Waals surface area contributed by atoms with E-state index in [1.165, 1.54) is 0 Å². The predicted octanol–water partition coefficient (Wildman–Crippen LogP) is 1.92. The highest BCUT2D eigenvalue weighted by atomic mass is 16.5. The van der Waals surface area contributed by atoms with Crippen LogP contribution >= 0.6 is 0 Å². The molecule has 0 spiro atoms. The van der Waals surface area contributed by atoms with Crippen molar-refractivity contribution in [1.82, 2.24) is 19.9 Å². The van der Waals surface area contributed by atoms with Crippen molar-refractivity contribution < 1.29 is 23.6 Å². The molecule has 4 rings (SSSR count). The Bertz CT molecular complexity index is 884. The molecule has 2 saturated heterocycles. The molecule has 31 heavy (non-hydrogen) atoms. The average Bonchev–Trinajstić information content (AvgIpc) is 3.50.